The molecule has 0 spiro atoms. The van der Waals surface area contributed by atoms with Crippen LogP contribution in [0.25, 0.3) is 0 Å². The fourth-order valence-electron chi connectivity index (χ4n) is 3.58. The van der Waals surface area contributed by atoms with Crippen LogP contribution in [0, 0.1) is 5.82 Å². The van der Waals surface area contributed by atoms with E-state index in [0.29, 0.717) is 18.9 Å². The van der Waals surface area contributed by atoms with E-state index < -0.39 is 0 Å². The SMILES string of the molecule is CN=C(NCc1cc(F)cc2c1OCOC2)N1CCC(OC(C)(C)C)CC1.I. The molecule has 1 saturated heterocycles. The largest absolute Gasteiger partial charge is 0.467 e. The maximum absolute atomic E-state index is 13.9. The average molecular weight is 507 g/mol. The number of ether oxygens (including phenoxy) is 3. The van der Waals surface area contributed by atoms with Crippen molar-refractivity contribution in [3.8, 4) is 5.75 Å². The minimum atomic E-state index is -0.283. The van der Waals surface area contributed by atoms with Gasteiger partial charge in [-0.1, -0.05) is 0 Å². The first-order chi connectivity index (χ1) is 12.9. The lowest BCUT2D eigenvalue weighted by molar-refractivity contribution is -0.0772. The summed E-state index contributed by atoms with van der Waals surface area (Å²) in [6.07, 6.45) is 2.21. The number of rotatable bonds is 3. The van der Waals surface area contributed by atoms with Gasteiger partial charge in [0.1, 0.15) is 11.6 Å². The second-order valence-electron chi connectivity index (χ2n) is 7.98. The van der Waals surface area contributed by atoms with Gasteiger partial charge in [0.15, 0.2) is 12.8 Å². The summed E-state index contributed by atoms with van der Waals surface area (Å²) < 4.78 is 30.8. The zero-order chi connectivity index (χ0) is 19.4. The van der Waals surface area contributed by atoms with Crippen LogP contribution in [-0.4, -0.2) is 49.5 Å². The summed E-state index contributed by atoms with van der Waals surface area (Å²) >= 11 is 0. The molecule has 0 radical (unpaired) electrons. The summed E-state index contributed by atoms with van der Waals surface area (Å²) in [4.78, 5) is 6.61. The van der Waals surface area contributed by atoms with Crippen molar-refractivity contribution in [2.24, 2.45) is 4.99 Å². The van der Waals surface area contributed by atoms with E-state index in [-0.39, 0.29) is 48.3 Å². The number of hydrogen-bond donors (Lipinski definition) is 1. The molecule has 0 unspecified atom stereocenters. The molecule has 2 aliphatic rings. The zero-order valence-electron chi connectivity index (χ0n) is 17.1. The number of likely N-dealkylation sites (tertiary alicyclic amines) is 1. The molecule has 6 nitrogen and oxygen atoms in total. The maximum Gasteiger partial charge on any atom is 0.193 e. The first-order valence-electron chi connectivity index (χ1n) is 9.51. The van der Waals surface area contributed by atoms with E-state index in [9.17, 15) is 4.39 Å². The minimum Gasteiger partial charge on any atom is -0.467 e. The third-order valence-corrected chi connectivity index (χ3v) is 4.66. The van der Waals surface area contributed by atoms with Crippen molar-refractivity contribution in [1.82, 2.24) is 10.2 Å². The third kappa shape index (κ3) is 6.18. The molecule has 2 heterocycles. The Morgan fingerprint density at radius 3 is 2.68 bits per heavy atom. The molecule has 28 heavy (non-hydrogen) atoms. The van der Waals surface area contributed by atoms with Crippen LogP contribution in [0.4, 0.5) is 4.39 Å². The number of piperidine rings is 1. The number of hydrogen-bond acceptors (Lipinski definition) is 4. The lowest BCUT2D eigenvalue weighted by Gasteiger charge is -2.37. The van der Waals surface area contributed by atoms with Crippen LogP contribution in [-0.2, 0) is 22.6 Å². The van der Waals surface area contributed by atoms with Crippen molar-refractivity contribution in [2.45, 2.75) is 58.5 Å². The minimum absolute atomic E-state index is 0. The Balaban J connectivity index is 0.00000280. The van der Waals surface area contributed by atoms with E-state index in [0.717, 1.165) is 43.0 Å². The summed E-state index contributed by atoms with van der Waals surface area (Å²) in [6, 6.07) is 2.97. The van der Waals surface area contributed by atoms with Gasteiger partial charge < -0.3 is 24.4 Å². The first-order valence-corrected chi connectivity index (χ1v) is 9.51. The second kappa shape index (κ2) is 10.1. The number of nitrogens with zero attached hydrogens (tertiary/aromatic N) is 2. The Kier molecular flexibility index (Phi) is 8.32. The van der Waals surface area contributed by atoms with Gasteiger partial charge >= 0.3 is 0 Å². The molecular weight excluding hydrogens is 476 g/mol. The number of nitrogens with one attached hydrogen (secondary N) is 1. The zero-order valence-corrected chi connectivity index (χ0v) is 19.4. The summed E-state index contributed by atoms with van der Waals surface area (Å²) in [7, 11) is 1.77. The normalized spacial score (nSPS) is 18.2. The molecule has 1 N–H and O–H groups in total. The van der Waals surface area contributed by atoms with Crippen LogP contribution in [0.5, 0.6) is 5.75 Å². The van der Waals surface area contributed by atoms with Gasteiger partial charge in [-0.25, -0.2) is 4.39 Å². The molecular formula is C20H31FIN3O3. The van der Waals surface area contributed by atoms with Gasteiger partial charge in [0.2, 0.25) is 0 Å². The third-order valence-electron chi connectivity index (χ3n) is 4.66. The summed E-state index contributed by atoms with van der Waals surface area (Å²) in [5.41, 5.74) is 1.40. The molecule has 2 aliphatic heterocycles. The quantitative estimate of drug-likeness (QED) is 0.385. The fourth-order valence-corrected chi connectivity index (χ4v) is 3.58. The molecule has 8 heteroatoms. The van der Waals surface area contributed by atoms with Crippen LogP contribution in [0.1, 0.15) is 44.7 Å². The number of fused-ring (bicyclic) bond motifs is 1. The van der Waals surface area contributed by atoms with Crippen LogP contribution >= 0.6 is 24.0 Å². The smallest absolute Gasteiger partial charge is 0.193 e. The Bertz CT molecular complexity index is 686. The number of guanidine groups is 1. The van der Waals surface area contributed by atoms with E-state index in [1.165, 1.54) is 12.1 Å². The Morgan fingerprint density at radius 2 is 2.04 bits per heavy atom. The Hall–Kier alpha value is -1.13. The molecule has 0 atom stereocenters. The molecule has 0 amide bonds. The predicted octanol–water partition coefficient (Wildman–Crippen LogP) is 3.67. The van der Waals surface area contributed by atoms with E-state index in [4.69, 9.17) is 14.2 Å². The van der Waals surface area contributed by atoms with Crippen molar-refractivity contribution in [3.05, 3.63) is 29.1 Å². The number of aliphatic imine (C=N–C) groups is 1. The molecule has 1 fully saturated rings. The second-order valence-corrected chi connectivity index (χ2v) is 7.98. The maximum atomic E-state index is 13.9. The van der Waals surface area contributed by atoms with Crippen LogP contribution in [0.15, 0.2) is 17.1 Å². The topological polar surface area (TPSA) is 55.3 Å². The molecule has 0 bridgehead atoms. The van der Waals surface area contributed by atoms with Crippen molar-refractivity contribution in [1.29, 1.82) is 0 Å². The van der Waals surface area contributed by atoms with Crippen molar-refractivity contribution >= 4 is 29.9 Å². The number of benzene rings is 1. The Morgan fingerprint density at radius 1 is 1.32 bits per heavy atom. The van der Waals surface area contributed by atoms with Crippen LogP contribution in [0.3, 0.4) is 0 Å². The van der Waals surface area contributed by atoms with Crippen molar-refractivity contribution < 1.29 is 18.6 Å². The lowest BCUT2D eigenvalue weighted by Crippen LogP contribution is -2.47. The van der Waals surface area contributed by atoms with Gasteiger partial charge in [-0.15, -0.1) is 24.0 Å². The van der Waals surface area contributed by atoms with Crippen molar-refractivity contribution in [3.63, 3.8) is 0 Å². The predicted molar refractivity (Wildman–Crippen MR) is 118 cm³/mol. The molecule has 1 aromatic carbocycles. The first kappa shape index (κ1) is 23.2. The van der Waals surface area contributed by atoms with E-state index in [2.05, 4.69) is 36.0 Å². The highest BCUT2D eigenvalue weighted by atomic mass is 127. The molecule has 0 aliphatic carbocycles. The van der Waals surface area contributed by atoms with Gasteiger partial charge in [-0.2, -0.15) is 0 Å². The number of halogens is 2. The molecule has 0 aromatic heterocycles. The summed E-state index contributed by atoms with van der Waals surface area (Å²) in [6.45, 7) is 9.05. The highest BCUT2D eigenvalue weighted by Crippen LogP contribution is 2.29. The summed E-state index contributed by atoms with van der Waals surface area (Å²) in [5.74, 6) is 1.24. The van der Waals surface area contributed by atoms with E-state index in [1.54, 1.807) is 7.05 Å². The van der Waals surface area contributed by atoms with Crippen molar-refractivity contribution in [2.75, 3.05) is 26.9 Å². The van der Waals surface area contributed by atoms with Crippen LogP contribution in [0.2, 0.25) is 0 Å². The lowest BCUT2D eigenvalue weighted by atomic mass is 10.1. The van der Waals surface area contributed by atoms with Gasteiger partial charge in [-0.05, 0) is 45.7 Å². The highest BCUT2D eigenvalue weighted by Gasteiger charge is 2.26. The standard InChI is InChI=1S/C20H30FN3O3.HI/c1-20(2,3)27-17-5-7-24(8-6-17)19(22-4)23-11-14-9-16(21)10-15-12-25-13-26-18(14)15;/h9-10,17H,5-8,11-13H2,1-4H3,(H,22,23);1H. The van der Waals surface area contributed by atoms with Gasteiger partial charge in [0.05, 0.1) is 18.3 Å². The van der Waals surface area contributed by atoms with Gasteiger partial charge in [0.25, 0.3) is 0 Å². The Labute approximate surface area is 183 Å². The van der Waals surface area contributed by atoms with Gasteiger partial charge in [-0.3, -0.25) is 4.99 Å². The fraction of sp³-hybridized carbons (Fsp3) is 0.650. The molecule has 158 valence electrons. The highest BCUT2D eigenvalue weighted by molar-refractivity contribution is 14.0. The van der Waals surface area contributed by atoms with E-state index >= 15 is 0 Å². The molecule has 3 rings (SSSR count). The molecule has 1 aromatic rings. The van der Waals surface area contributed by atoms with Gasteiger partial charge in [0, 0.05) is 37.8 Å². The monoisotopic (exact) mass is 507 g/mol. The summed E-state index contributed by atoms with van der Waals surface area (Å²) in [5, 5.41) is 3.34. The van der Waals surface area contributed by atoms with Crippen LogP contribution < -0.4 is 10.1 Å². The molecule has 0 saturated carbocycles. The average Bonchev–Trinajstić information content (AvgIpc) is 2.62. The van der Waals surface area contributed by atoms with E-state index in [1.807, 2.05) is 0 Å².